The van der Waals surface area contributed by atoms with Crippen molar-refractivity contribution < 1.29 is 4.74 Å². The number of anilines is 1. The monoisotopic (exact) mass is 265 g/mol. The minimum Gasteiger partial charge on any atom is -0.377 e. The third-order valence-electron chi connectivity index (χ3n) is 3.03. The van der Waals surface area contributed by atoms with Crippen molar-refractivity contribution in [2.45, 2.75) is 25.9 Å². The van der Waals surface area contributed by atoms with Crippen LogP contribution in [0, 0.1) is 11.3 Å². The van der Waals surface area contributed by atoms with Gasteiger partial charge in [0.2, 0.25) is 0 Å². The van der Waals surface area contributed by atoms with Gasteiger partial charge in [-0.2, -0.15) is 5.26 Å². The second-order valence-electron chi connectivity index (χ2n) is 4.31. The number of pyridine rings is 1. The zero-order chi connectivity index (χ0) is 13.0. The predicted octanol–water partition coefficient (Wildman–Crippen LogP) is 2.61. The van der Waals surface area contributed by atoms with Gasteiger partial charge in [0.05, 0.1) is 16.7 Å². The molecule has 0 aliphatic carbocycles. The fraction of sp³-hybridized carbons (Fsp3) is 0.538. The van der Waals surface area contributed by atoms with E-state index >= 15 is 0 Å². The van der Waals surface area contributed by atoms with Crippen molar-refractivity contribution in [3.8, 4) is 6.07 Å². The number of ether oxygens (including phenoxy) is 1. The smallest absolute Gasteiger partial charge is 0.147 e. The molecule has 2 rings (SSSR count). The Labute approximate surface area is 112 Å². The molecule has 1 fully saturated rings. The average Bonchev–Trinajstić information content (AvgIpc) is 2.39. The van der Waals surface area contributed by atoms with Crippen LogP contribution in [0.3, 0.4) is 0 Å². The molecule has 1 aromatic heterocycles. The number of hydrogen-bond acceptors (Lipinski definition) is 4. The lowest BCUT2D eigenvalue weighted by Gasteiger charge is -2.33. The summed E-state index contributed by atoms with van der Waals surface area (Å²) in [4.78, 5) is 6.42. The van der Waals surface area contributed by atoms with Gasteiger partial charge >= 0.3 is 0 Å². The Hall–Kier alpha value is -1.31. The van der Waals surface area contributed by atoms with E-state index in [9.17, 15) is 0 Å². The fourth-order valence-electron chi connectivity index (χ4n) is 2.23. The van der Waals surface area contributed by atoms with E-state index in [-0.39, 0.29) is 6.10 Å². The lowest BCUT2D eigenvalue weighted by Crippen LogP contribution is -2.40. The fourth-order valence-corrected chi connectivity index (χ4v) is 2.51. The van der Waals surface area contributed by atoms with E-state index in [1.54, 1.807) is 12.3 Å². The molecular formula is C13H16ClN3O. The molecule has 1 aliphatic rings. The van der Waals surface area contributed by atoms with E-state index < -0.39 is 0 Å². The second kappa shape index (κ2) is 6.03. The van der Waals surface area contributed by atoms with Crippen LogP contribution >= 0.6 is 11.6 Å². The molecule has 1 aromatic rings. The van der Waals surface area contributed by atoms with Gasteiger partial charge in [0, 0.05) is 25.9 Å². The summed E-state index contributed by atoms with van der Waals surface area (Å²) in [6, 6.07) is 3.70. The third-order valence-corrected chi connectivity index (χ3v) is 3.31. The maximum Gasteiger partial charge on any atom is 0.147 e. The Bertz CT molecular complexity index is 456. The quantitative estimate of drug-likeness (QED) is 0.843. The number of nitriles is 1. The summed E-state index contributed by atoms with van der Waals surface area (Å²) in [5, 5.41) is 9.33. The second-order valence-corrected chi connectivity index (χ2v) is 4.71. The molecule has 0 amide bonds. The molecule has 0 saturated carbocycles. The highest BCUT2D eigenvalue weighted by atomic mass is 35.5. The third kappa shape index (κ3) is 2.92. The summed E-state index contributed by atoms with van der Waals surface area (Å²) in [5.41, 5.74) is 0.488. The average molecular weight is 266 g/mol. The van der Waals surface area contributed by atoms with Crippen LogP contribution in [-0.4, -0.2) is 30.8 Å². The topological polar surface area (TPSA) is 49.1 Å². The summed E-state index contributed by atoms with van der Waals surface area (Å²) in [5.74, 6) is 0.750. The Morgan fingerprint density at radius 3 is 3.17 bits per heavy atom. The van der Waals surface area contributed by atoms with Gasteiger partial charge in [0.15, 0.2) is 0 Å². The van der Waals surface area contributed by atoms with Gasteiger partial charge in [-0.05, 0) is 25.8 Å². The Balaban J connectivity index is 2.13. The van der Waals surface area contributed by atoms with E-state index in [0.717, 1.165) is 38.4 Å². The minimum absolute atomic E-state index is 0.247. The van der Waals surface area contributed by atoms with Crippen LogP contribution in [0.1, 0.15) is 25.3 Å². The Morgan fingerprint density at radius 1 is 1.67 bits per heavy atom. The van der Waals surface area contributed by atoms with Gasteiger partial charge in [0.1, 0.15) is 11.9 Å². The van der Waals surface area contributed by atoms with E-state index in [4.69, 9.17) is 21.6 Å². The van der Waals surface area contributed by atoms with Gasteiger partial charge in [-0.15, -0.1) is 0 Å². The molecule has 0 bridgehead atoms. The van der Waals surface area contributed by atoms with Gasteiger partial charge in [0.25, 0.3) is 0 Å². The SMILES string of the molecule is CCO[C@H]1CCCN(c2ncc(C#N)cc2Cl)C1. The molecule has 4 nitrogen and oxygen atoms in total. The summed E-state index contributed by atoms with van der Waals surface area (Å²) in [6.07, 6.45) is 3.96. The molecule has 0 aromatic carbocycles. The van der Waals surface area contributed by atoms with Crippen molar-refractivity contribution >= 4 is 17.4 Å². The zero-order valence-corrected chi connectivity index (χ0v) is 11.2. The van der Waals surface area contributed by atoms with Crippen molar-refractivity contribution in [1.82, 2.24) is 4.98 Å². The van der Waals surface area contributed by atoms with E-state index in [0.29, 0.717) is 10.6 Å². The molecule has 0 unspecified atom stereocenters. The van der Waals surface area contributed by atoms with Gasteiger partial charge in [-0.1, -0.05) is 11.6 Å². The maximum atomic E-state index is 8.79. The van der Waals surface area contributed by atoms with Crippen LogP contribution in [0.4, 0.5) is 5.82 Å². The number of hydrogen-bond donors (Lipinski definition) is 0. The zero-order valence-electron chi connectivity index (χ0n) is 10.4. The van der Waals surface area contributed by atoms with E-state index in [1.807, 2.05) is 13.0 Å². The van der Waals surface area contributed by atoms with Crippen LogP contribution in [-0.2, 0) is 4.74 Å². The highest BCUT2D eigenvalue weighted by molar-refractivity contribution is 6.33. The number of nitrogens with zero attached hydrogens (tertiary/aromatic N) is 3. The molecule has 18 heavy (non-hydrogen) atoms. The summed E-state index contributed by atoms with van der Waals surface area (Å²) in [6.45, 7) is 4.48. The molecule has 1 atom stereocenters. The van der Waals surface area contributed by atoms with Crippen molar-refractivity contribution in [3.05, 3.63) is 22.8 Å². The highest BCUT2D eigenvalue weighted by Gasteiger charge is 2.22. The molecule has 0 N–H and O–H groups in total. The van der Waals surface area contributed by atoms with Gasteiger partial charge < -0.3 is 9.64 Å². The predicted molar refractivity (Wildman–Crippen MR) is 70.8 cm³/mol. The lowest BCUT2D eigenvalue weighted by molar-refractivity contribution is 0.0525. The molecule has 1 aliphatic heterocycles. The van der Waals surface area contributed by atoms with E-state index in [2.05, 4.69) is 9.88 Å². The van der Waals surface area contributed by atoms with Crippen molar-refractivity contribution in [1.29, 1.82) is 5.26 Å². The summed E-state index contributed by atoms with van der Waals surface area (Å²) < 4.78 is 5.65. The number of aromatic nitrogens is 1. The first-order valence-electron chi connectivity index (χ1n) is 6.16. The molecule has 5 heteroatoms. The number of piperidine rings is 1. The highest BCUT2D eigenvalue weighted by Crippen LogP contribution is 2.27. The Kier molecular flexibility index (Phi) is 4.40. The van der Waals surface area contributed by atoms with Crippen LogP contribution in [0.25, 0.3) is 0 Å². The van der Waals surface area contributed by atoms with Gasteiger partial charge in [-0.25, -0.2) is 4.98 Å². The van der Waals surface area contributed by atoms with E-state index in [1.165, 1.54) is 0 Å². The van der Waals surface area contributed by atoms with Crippen LogP contribution in [0.2, 0.25) is 5.02 Å². The Morgan fingerprint density at radius 2 is 2.50 bits per heavy atom. The number of rotatable bonds is 3. The van der Waals surface area contributed by atoms with Crippen LogP contribution < -0.4 is 4.90 Å². The van der Waals surface area contributed by atoms with Crippen molar-refractivity contribution in [3.63, 3.8) is 0 Å². The maximum absolute atomic E-state index is 8.79. The summed E-state index contributed by atoms with van der Waals surface area (Å²) in [7, 11) is 0. The lowest BCUT2D eigenvalue weighted by atomic mass is 10.1. The van der Waals surface area contributed by atoms with Crippen LogP contribution in [0.5, 0.6) is 0 Å². The first kappa shape index (κ1) is 13.1. The van der Waals surface area contributed by atoms with Crippen molar-refractivity contribution in [2.75, 3.05) is 24.6 Å². The first-order valence-corrected chi connectivity index (χ1v) is 6.54. The summed E-state index contributed by atoms with van der Waals surface area (Å²) >= 11 is 6.17. The molecule has 2 heterocycles. The molecule has 0 spiro atoms. The van der Waals surface area contributed by atoms with Crippen LogP contribution in [0.15, 0.2) is 12.3 Å². The number of halogens is 1. The molecule has 1 saturated heterocycles. The largest absolute Gasteiger partial charge is 0.377 e. The normalized spacial score (nSPS) is 19.6. The van der Waals surface area contributed by atoms with Crippen molar-refractivity contribution in [2.24, 2.45) is 0 Å². The standard InChI is InChI=1S/C13H16ClN3O/c1-2-18-11-4-3-5-17(9-11)13-12(14)6-10(7-15)8-16-13/h6,8,11H,2-5,9H2,1H3/t11-/m0/s1. The molecule has 0 radical (unpaired) electrons. The minimum atomic E-state index is 0.247. The first-order chi connectivity index (χ1) is 8.74. The molecular weight excluding hydrogens is 250 g/mol. The van der Waals surface area contributed by atoms with Gasteiger partial charge in [-0.3, -0.25) is 0 Å². The molecule has 96 valence electrons.